The molecule has 1 atom stereocenters. The van der Waals surface area contributed by atoms with Gasteiger partial charge < -0.3 is 15.6 Å². The summed E-state index contributed by atoms with van der Waals surface area (Å²) in [6.45, 7) is 2.75. The summed E-state index contributed by atoms with van der Waals surface area (Å²) in [6.07, 6.45) is 3.11. The lowest BCUT2D eigenvalue weighted by molar-refractivity contribution is -0.143. The number of nitrogens with two attached hydrogens (primary N) is 1. The van der Waals surface area contributed by atoms with Crippen molar-refractivity contribution in [3.63, 3.8) is 0 Å². The molecule has 1 unspecified atom stereocenters. The second-order valence-corrected chi connectivity index (χ2v) is 3.28. The van der Waals surface area contributed by atoms with Gasteiger partial charge in [0.15, 0.2) is 0 Å². The number of unbranched alkanes of at least 4 members (excludes halogenated alkanes) is 1. The van der Waals surface area contributed by atoms with E-state index in [1.807, 2.05) is 0 Å². The zero-order valence-electron chi connectivity index (χ0n) is 8.87. The van der Waals surface area contributed by atoms with Crippen LogP contribution in [0.2, 0.25) is 0 Å². The molecule has 0 aliphatic heterocycles. The smallest absolute Gasteiger partial charge is 0.305 e. The molecule has 14 heavy (non-hydrogen) atoms. The van der Waals surface area contributed by atoms with Crippen LogP contribution in [0.4, 0.5) is 0 Å². The summed E-state index contributed by atoms with van der Waals surface area (Å²) in [7, 11) is 0. The van der Waals surface area contributed by atoms with Gasteiger partial charge in [-0.15, -0.1) is 0 Å². The average molecular weight is 203 g/mol. The molecule has 0 spiro atoms. The van der Waals surface area contributed by atoms with E-state index < -0.39 is 0 Å². The van der Waals surface area contributed by atoms with Crippen molar-refractivity contribution < 1.29 is 14.6 Å². The van der Waals surface area contributed by atoms with E-state index in [0.717, 1.165) is 19.3 Å². The maximum atomic E-state index is 10.9. The number of aliphatic hydroxyl groups is 1. The van der Waals surface area contributed by atoms with E-state index >= 15 is 0 Å². The zero-order chi connectivity index (χ0) is 10.8. The van der Waals surface area contributed by atoms with Crippen LogP contribution in [0.25, 0.3) is 0 Å². The second kappa shape index (κ2) is 8.97. The average Bonchev–Trinajstić information content (AvgIpc) is 2.13. The lowest BCUT2D eigenvalue weighted by Crippen LogP contribution is -2.13. The van der Waals surface area contributed by atoms with E-state index in [9.17, 15) is 9.90 Å². The molecular formula is C10H21NO3. The minimum atomic E-state index is -0.317. The zero-order valence-corrected chi connectivity index (χ0v) is 8.87. The summed E-state index contributed by atoms with van der Waals surface area (Å²) in [5.74, 6) is -0.152. The first-order chi connectivity index (χ1) is 6.70. The Morgan fingerprint density at radius 3 is 2.71 bits per heavy atom. The topological polar surface area (TPSA) is 72.5 Å². The minimum Gasteiger partial charge on any atom is -0.466 e. The van der Waals surface area contributed by atoms with Crippen LogP contribution in [0.5, 0.6) is 0 Å². The Bertz CT molecular complexity index is 150. The number of ether oxygens (including phenoxy) is 1. The Balaban J connectivity index is 3.24. The van der Waals surface area contributed by atoms with Gasteiger partial charge in [0.25, 0.3) is 0 Å². The van der Waals surface area contributed by atoms with Crippen LogP contribution in [0, 0.1) is 0 Å². The SMILES string of the molecule is CCOC(=O)CCCCC(O)CCN. The first-order valence-electron chi connectivity index (χ1n) is 5.24. The number of aliphatic hydroxyl groups excluding tert-OH is 1. The van der Waals surface area contributed by atoms with Gasteiger partial charge in [0, 0.05) is 6.42 Å². The summed E-state index contributed by atoms with van der Waals surface area (Å²) in [5.41, 5.74) is 5.29. The monoisotopic (exact) mass is 203 g/mol. The third-order valence-electron chi connectivity index (χ3n) is 1.97. The van der Waals surface area contributed by atoms with Gasteiger partial charge in [-0.05, 0) is 32.7 Å². The van der Waals surface area contributed by atoms with Gasteiger partial charge >= 0.3 is 5.97 Å². The molecule has 0 radical (unpaired) electrons. The lowest BCUT2D eigenvalue weighted by atomic mass is 10.1. The lowest BCUT2D eigenvalue weighted by Gasteiger charge is -2.08. The van der Waals surface area contributed by atoms with Crippen LogP contribution in [0.3, 0.4) is 0 Å². The fourth-order valence-electron chi connectivity index (χ4n) is 1.22. The van der Waals surface area contributed by atoms with Crippen molar-refractivity contribution in [3.8, 4) is 0 Å². The molecular weight excluding hydrogens is 182 g/mol. The number of rotatable bonds is 8. The molecule has 0 saturated carbocycles. The highest BCUT2D eigenvalue weighted by atomic mass is 16.5. The van der Waals surface area contributed by atoms with Crippen LogP contribution in [0.1, 0.15) is 39.0 Å². The molecule has 84 valence electrons. The number of hydrogen-bond acceptors (Lipinski definition) is 4. The molecule has 3 N–H and O–H groups in total. The van der Waals surface area contributed by atoms with Gasteiger partial charge in [0.1, 0.15) is 0 Å². The standard InChI is InChI=1S/C10H21NO3/c1-2-14-10(13)6-4-3-5-9(12)7-8-11/h9,12H,2-8,11H2,1H3. The van der Waals surface area contributed by atoms with Crippen molar-refractivity contribution in [2.75, 3.05) is 13.2 Å². The highest BCUT2D eigenvalue weighted by Crippen LogP contribution is 2.06. The molecule has 0 aliphatic rings. The summed E-state index contributed by atoms with van der Waals surface area (Å²) in [5, 5.41) is 9.32. The Kier molecular flexibility index (Phi) is 8.57. The summed E-state index contributed by atoms with van der Waals surface area (Å²) >= 11 is 0. The number of esters is 1. The third-order valence-corrected chi connectivity index (χ3v) is 1.97. The first kappa shape index (κ1) is 13.4. The number of carbonyl (C=O) groups excluding carboxylic acids is 1. The predicted octanol–water partition coefficient (Wildman–Crippen LogP) is 0.820. The maximum Gasteiger partial charge on any atom is 0.305 e. The molecule has 0 aromatic carbocycles. The molecule has 0 aliphatic carbocycles. The van der Waals surface area contributed by atoms with E-state index in [-0.39, 0.29) is 12.1 Å². The largest absolute Gasteiger partial charge is 0.466 e. The van der Waals surface area contributed by atoms with E-state index in [1.165, 1.54) is 0 Å². The van der Waals surface area contributed by atoms with Crippen LogP contribution in [-0.2, 0) is 9.53 Å². The fraction of sp³-hybridized carbons (Fsp3) is 0.900. The van der Waals surface area contributed by atoms with E-state index in [0.29, 0.717) is 26.0 Å². The van der Waals surface area contributed by atoms with E-state index in [1.54, 1.807) is 6.92 Å². The van der Waals surface area contributed by atoms with Crippen molar-refractivity contribution >= 4 is 5.97 Å². The Hall–Kier alpha value is -0.610. The molecule has 4 heteroatoms. The molecule has 0 rings (SSSR count). The van der Waals surface area contributed by atoms with Crippen molar-refractivity contribution in [1.82, 2.24) is 0 Å². The van der Waals surface area contributed by atoms with Crippen molar-refractivity contribution in [1.29, 1.82) is 0 Å². The van der Waals surface area contributed by atoms with Gasteiger partial charge in [-0.2, -0.15) is 0 Å². The second-order valence-electron chi connectivity index (χ2n) is 3.28. The van der Waals surface area contributed by atoms with Gasteiger partial charge in [0.05, 0.1) is 12.7 Å². The maximum absolute atomic E-state index is 10.9. The summed E-state index contributed by atoms with van der Waals surface area (Å²) < 4.78 is 4.77. The Morgan fingerprint density at radius 2 is 2.14 bits per heavy atom. The Labute approximate surface area is 85.4 Å². The first-order valence-corrected chi connectivity index (χ1v) is 5.24. The van der Waals surface area contributed by atoms with Gasteiger partial charge in [0.2, 0.25) is 0 Å². The highest BCUT2D eigenvalue weighted by molar-refractivity contribution is 5.69. The van der Waals surface area contributed by atoms with Crippen LogP contribution in [0.15, 0.2) is 0 Å². The number of carbonyl (C=O) groups is 1. The van der Waals surface area contributed by atoms with Gasteiger partial charge in [-0.25, -0.2) is 0 Å². The fourth-order valence-corrected chi connectivity index (χ4v) is 1.22. The third kappa shape index (κ3) is 8.01. The van der Waals surface area contributed by atoms with Gasteiger partial charge in [-0.1, -0.05) is 6.42 Å². The summed E-state index contributed by atoms with van der Waals surface area (Å²) in [6, 6.07) is 0. The summed E-state index contributed by atoms with van der Waals surface area (Å²) in [4.78, 5) is 10.9. The highest BCUT2D eigenvalue weighted by Gasteiger charge is 2.04. The molecule has 0 aromatic rings. The molecule has 0 bridgehead atoms. The number of hydrogen-bond donors (Lipinski definition) is 2. The van der Waals surface area contributed by atoms with Crippen molar-refractivity contribution in [2.45, 2.75) is 45.1 Å². The quantitative estimate of drug-likeness (QED) is 0.452. The molecule has 0 aromatic heterocycles. The molecule has 0 amide bonds. The minimum absolute atomic E-state index is 0.152. The van der Waals surface area contributed by atoms with Crippen LogP contribution >= 0.6 is 0 Å². The molecule has 0 saturated heterocycles. The predicted molar refractivity (Wildman–Crippen MR) is 54.8 cm³/mol. The van der Waals surface area contributed by atoms with E-state index in [2.05, 4.69) is 0 Å². The van der Waals surface area contributed by atoms with Crippen molar-refractivity contribution in [3.05, 3.63) is 0 Å². The van der Waals surface area contributed by atoms with Crippen LogP contribution in [-0.4, -0.2) is 30.3 Å². The van der Waals surface area contributed by atoms with Crippen molar-refractivity contribution in [2.24, 2.45) is 5.73 Å². The van der Waals surface area contributed by atoms with Gasteiger partial charge in [-0.3, -0.25) is 4.79 Å². The molecule has 0 heterocycles. The normalized spacial score (nSPS) is 12.5. The molecule has 4 nitrogen and oxygen atoms in total. The molecule has 0 fully saturated rings. The van der Waals surface area contributed by atoms with Crippen LogP contribution < -0.4 is 5.73 Å². The Morgan fingerprint density at radius 1 is 1.43 bits per heavy atom. The van der Waals surface area contributed by atoms with E-state index in [4.69, 9.17) is 10.5 Å².